The lowest BCUT2D eigenvalue weighted by Gasteiger charge is -1.81. The van der Waals surface area contributed by atoms with Gasteiger partial charge in [0.1, 0.15) is 0 Å². The second kappa shape index (κ2) is 1.73. The van der Waals surface area contributed by atoms with Gasteiger partial charge in [0.05, 0.1) is 0 Å². The molecule has 1 rings (SSSR count). The quantitative estimate of drug-likeness (QED) is 0.466. The molecule has 0 saturated heterocycles. The van der Waals surface area contributed by atoms with Crippen molar-refractivity contribution in [3.8, 4) is 0 Å². The van der Waals surface area contributed by atoms with Gasteiger partial charge in [0.25, 0.3) is 0 Å². The van der Waals surface area contributed by atoms with Crippen molar-refractivity contribution in [1.82, 2.24) is 4.98 Å². The third kappa shape index (κ3) is 1.000. The maximum Gasteiger partial charge on any atom is 0.0448 e. The van der Waals surface area contributed by atoms with Crippen LogP contribution in [0.1, 0.15) is 5.69 Å². The summed E-state index contributed by atoms with van der Waals surface area (Å²) in [7, 11) is 0. The summed E-state index contributed by atoms with van der Waals surface area (Å²) < 4.78 is 0. The van der Waals surface area contributed by atoms with E-state index in [1.54, 1.807) is 12.3 Å². The first kappa shape index (κ1) is 4.31. The van der Waals surface area contributed by atoms with E-state index in [9.17, 15) is 0 Å². The molecule has 0 aromatic carbocycles. The molecule has 0 amide bonds. The first-order valence-corrected chi connectivity index (χ1v) is 2.06. The third-order valence-corrected chi connectivity index (χ3v) is 0.688. The highest BCUT2D eigenvalue weighted by Gasteiger charge is 1.74. The first-order valence-electron chi connectivity index (χ1n) is 2.06. The van der Waals surface area contributed by atoms with Gasteiger partial charge in [0.2, 0.25) is 0 Å². The van der Waals surface area contributed by atoms with Gasteiger partial charge in [-0.25, -0.2) is 0 Å². The average Bonchev–Trinajstić information content (AvgIpc) is 1.69. The molecule has 0 fully saturated rings. The summed E-state index contributed by atoms with van der Waals surface area (Å²) in [4.78, 5) is 3.76. The Labute approximate surface area is 43.0 Å². The molecule has 0 aliphatic rings. The molecule has 0 unspecified atom stereocenters. The number of nitrogens with zero attached hydrogens (tertiary/aromatic N) is 1. The minimum atomic E-state index is 0.572. The van der Waals surface area contributed by atoms with Crippen LogP contribution in [0.4, 0.5) is 0 Å². The molecule has 0 aliphatic heterocycles. The van der Waals surface area contributed by atoms with Crippen LogP contribution < -0.4 is 0 Å². The van der Waals surface area contributed by atoms with Crippen LogP contribution in [0.25, 0.3) is 0 Å². The van der Waals surface area contributed by atoms with Crippen molar-refractivity contribution in [1.29, 1.82) is 0 Å². The fourth-order valence-corrected chi connectivity index (χ4v) is 0.376. The van der Waals surface area contributed by atoms with Gasteiger partial charge in [0.15, 0.2) is 0 Å². The molecule has 0 saturated carbocycles. The van der Waals surface area contributed by atoms with Crippen LogP contribution in [-0.4, -0.2) is 4.98 Å². The minimum absolute atomic E-state index is 0.572. The number of pyridine rings is 1. The summed E-state index contributed by atoms with van der Waals surface area (Å²) in [6, 6.07) is 5.43. The predicted molar refractivity (Wildman–Crippen MR) is 27.6 cm³/mol. The molecular formula is C6H5N. The maximum absolute atomic E-state index is 5.25. The van der Waals surface area contributed by atoms with Gasteiger partial charge in [-0.05, 0) is 12.1 Å². The molecule has 0 bridgehead atoms. The number of hydrogen-bond donors (Lipinski definition) is 0. The van der Waals surface area contributed by atoms with Gasteiger partial charge in [-0.2, -0.15) is 0 Å². The van der Waals surface area contributed by atoms with Crippen molar-refractivity contribution in [3.63, 3.8) is 0 Å². The van der Waals surface area contributed by atoms with Gasteiger partial charge in [0, 0.05) is 18.8 Å². The Balaban J connectivity index is 3.02. The van der Waals surface area contributed by atoms with E-state index in [0.717, 1.165) is 0 Å². The molecule has 1 heteroatoms. The largest absolute Gasteiger partial charge is 0.261 e. The van der Waals surface area contributed by atoms with E-state index in [1.807, 2.05) is 12.1 Å². The number of rotatable bonds is 0. The summed E-state index contributed by atoms with van der Waals surface area (Å²) in [6.45, 7) is 5.25. The van der Waals surface area contributed by atoms with E-state index in [4.69, 9.17) is 6.92 Å². The van der Waals surface area contributed by atoms with Crippen molar-refractivity contribution in [2.45, 2.75) is 0 Å². The van der Waals surface area contributed by atoms with Crippen LogP contribution in [0.15, 0.2) is 24.4 Å². The van der Waals surface area contributed by atoms with Crippen LogP contribution in [0.2, 0.25) is 0 Å². The molecule has 1 nitrogen and oxygen atoms in total. The lowest BCUT2D eigenvalue weighted by atomic mass is 10.4. The SMILES string of the molecule is [CH]c1ccccn1. The minimum Gasteiger partial charge on any atom is -0.261 e. The molecule has 0 aliphatic carbocycles. The van der Waals surface area contributed by atoms with Gasteiger partial charge in [-0.3, -0.25) is 4.98 Å². The third-order valence-electron chi connectivity index (χ3n) is 0.688. The summed E-state index contributed by atoms with van der Waals surface area (Å²) >= 11 is 0. The van der Waals surface area contributed by atoms with E-state index in [-0.39, 0.29) is 0 Å². The van der Waals surface area contributed by atoms with Crippen molar-refractivity contribution in [2.75, 3.05) is 0 Å². The second-order valence-electron chi connectivity index (χ2n) is 1.25. The number of hydrogen-bond acceptors (Lipinski definition) is 1. The molecule has 34 valence electrons. The van der Waals surface area contributed by atoms with E-state index in [1.165, 1.54) is 0 Å². The van der Waals surface area contributed by atoms with Gasteiger partial charge < -0.3 is 0 Å². The predicted octanol–water partition coefficient (Wildman–Crippen LogP) is 1.14. The van der Waals surface area contributed by atoms with Crippen molar-refractivity contribution < 1.29 is 0 Å². The Morgan fingerprint density at radius 1 is 1.43 bits per heavy atom. The van der Waals surface area contributed by atoms with E-state index in [2.05, 4.69) is 4.98 Å². The van der Waals surface area contributed by atoms with Crippen molar-refractivity contribution >= 4 is 0 Å². The van der Waals surface area contributed by atoms with Gasteiger partial charge in [-0.1, -0.05) is 6.07 Å². The highest BCUT2D eigenvalue weighted by molar-refractivity contribution is 5.05. The van der Waals surface area contributed by atoms with E-state index >= 15 is 0 Å². The molecular weight excluding hydrogens is 86.1 g/mol. The Hall–Kier alpha value is -0.850. The van der Waals surface area contributed by atoms with Crippen LogP contribution in [0.5, 0.6) is 0 Å². The highest BCUT2D eigenvalue weighted by atomic mass is 14.6. The molecule has 2 radical (unpaired) electrons. The standard InChI is InChI=1S/C6H5N/c1-6-4-2-3-5-7-6/h1-5H. The topological polar surface area (TPSA) is 12.9 Å². The molecule has 0 N–H and O–H groups in total. The van der Waals surface area contributed by atoms with Crippen molar-refractivity contribution in [2.24, 2.45) is 0 Å². The molecule has 1 heterocycles. The number of aromatic nitrogens is 1. The lowest BCUT2D eigenvalue weighted by molar-refractivity contribution is 1.27. The lowest BCUT2D eigenvalue weighted by Crippen LogP contribution is -1.72. The van der Waals surface area contributed by atoms with Gasteiger partial charge in [-0.15, -0.1) is 0 Å². The van der Waals surface area contributed by atoms with Crippen LogP contribution in [0.3, 0.4) is 0 Å². The monoisotopic (exact) mass is 91.0 g/mol. The van der Waals surface area contributed by atoms with Crippen molar-refractivity contribution in [3.05, 3.63) is 37.0 Å². The first-order chi connectivity index (χ1) is 3.39. The van der Waals surface area contributed by atoms with Gasteiger partial charge >= 0.3 is 0 Å². The smallest absolute Gasteiger partial charge is 0.0448 e. The summed E-state index contributed by atoms with van der Waals surface area (Å²) in [5.74, 6) is 0. The zero-order chi connectivity index (χ0) is 5.11. The maximum atomic E-state index is 5.25. The molecule has 0 spiro atoms. The van der Waals surface area contributed by atoms with Crippen LogP contribution in [-0.2, 0) is 0 Å². The second-order valence-corrected chi connectivity index (χ2v) is 1.25. The zero-order valence-electron chi connectivity index (χ0n) is 3.83. The zero-order valence-corrected chi connectivity index (χ0v) is 3.83. The Morgan fingerprint density at radius 2 is 2.29 bits per heavy atom. The summed E-state index contributed by atoms with van der Waals surface area (Å²) in [5, 5.41) is 0. The normalized spacial score (nSPS) is 8.71. The van der Waals surface area contributed by atoms with Crippen LogP contribution >= 0.6 is 0 Å². The average molecular weight is 91.1 g/mol. The summed E-state index contributed by atoms with van der Waals surface area (Å²) in [5.41, 5.74) is 0.572. The van der Waals surface area contributed by atoms with E-state index < -0.39 is 0 Å². The summed E-state index contributed by atoms with van der Waals surface area (Å²) in [6.07, 6.45) is 1.66. The molecule has 1 aromatic heterocycles. The Kier molecular flexibility index (Phi) is 1.07. The fourth-order valence-electron chi connectivity index (χ4n) is 0.376. The molecule has 7 heavy (non-hydrogen) atoms. The van der Waals surface area contributed by atoms with E-state index in [0.29, 0.717) is 5.69 Å². The Bertz CT molecular complexity index is 134. The fraction of sp³-hybridized carbons (Fsp3) is 0. The molecule has 1 aromatic rings. The van der Waals surface area contributed by atoms with Crippen LogP contribution in [0, 0.1) is 6.92 Å². The Morgan fingerprint density at radius 3 is 2.57 bits per heavy atom. The highest BCUT2D eigenvalue weighted by Crippen LogP contribution is 1.85. The molecule has 0 atom stereocenters.